The van der Waals surface area contributed by atoms with Crippen molar-refractivity contribution >= 4 is 11.4 Å². The Labute approximate surface area is 126 Å². The van der Waals surface area contributed by atoms with Gasteiger partial charge in [-0.25, -0.2) is 0 Å². The van der Waals surface area contributed by atoms with Gasteiger partial charge in [0.15, 0.2) is 0 Å². The first-order valence-electron chi connectivity index (χ1n) is 6.11. The lowest BCUT2D eigenvalue weighted by Crippen LogP contribution is -1.90. The van der Waals surface area contributed by atoms with E-state index in [1.165, 1.54) is 18.2 Å². The molecule has 3 rings (SSSR count). The molecule has 2 N–H and O–H groups in total. The molecule has 0 amide bonds. The molecule has 1 aromatic carbocycles. The van der Waals surface area contributed by atoms with Gasteiger partial charge in [-0.2, -0.15) is 0 Å². The molecule has 0 atom stereocenters. The second-order valence-corrected chi connectivity index (χ2v) is 4.37. The number of H-pyrrole nitrogens is 1. The Morgan fingerprint density at radius 1 is 1.13 bits per heavy atom. The van der Waals surface area contributed by atoms with E-state index in [4.69, 9.17) is 4.42 Å². The molecule has 0 saturated heterocycles. The van der Waals surface area contributed by atoms with Gasteiger partial charge in [0.05, 0.1) is 21.6 Å². The highest BCUT2D eigenvalue weighted by Crippen LogP contribution is 2.36. The van der Waals surface area contributed by atoms with Gasteiger partial charge < -0.3 is 14.5 Å². The Balaban J connectivity index is 2.00. The number of nitrogens with one attached hydrogen (secondary N) is 1. The highest BCUT2D eigenvalue weighted by atomic mass is 16.6. The number of rotatable bonds is 4. The zero-order chi connectivity index (χ0) is 16.6. The molecular weight excluding hydrogens is 310 g/mol. The largest absolute Gasteiger partial charge is 0.502 e. The van der Waals surface area contributed by atoms with Crippen LogP contribution < -0.4 is 0 Å². The summed E-state index contributed by atoms with van der Waals surface area (Å²) in [7, 11) is 0. The standard InChI is InChI=1S/C12H7N5O6/c18-10-7(2-1-3-9(10)17(21)22)11-14-15-12(23-11)8-4-6(5-13-8)16(19)20/h1-5,13,18H. The van der Waals surface area contributed by atoms with Gasteiger partial charge in [0.2, 0.25) is 5.75 Å². The lowest BCUT2D eigenvalue weighted by molar-refractivity contribution is -0.385. The predicted molar refractivity (Wildman–Crippen MR) is 74.5 cm³/mol. The molecule has 0 aliphatic carbocycles. The van der Waals surface area contributed by atoms with E-state index in [0.29, 0.717) is 0 Å². The van der Waals surface area contributed by atoms with Gasteiger partial charge in [-0.3, -0.25) is 20.2 Å². The van der Waals surface area contributed by atoms with Crippen LogP contribution in [0, 0.1) is 20.2 Å². The minimum atomic E-state index is -0.746. The number of nitrogens with zero attached hydrogens (tertiary/aromatic N) is 4. The van der Waals surface area contributed by atoms with Gasteiger partial charge in [-0.15, -0.1) is 10.2 Å². The van der Waals surface area contributed by atoms with E-state index >= 15 is 0 Å². The molecule has 0 fully saturated rings. The van der Waals surface area contributed by atoms with Crippen LogP contribution in [0.2, 0.25) is 0 Å². The van der Waals surface area contributed by atoms with Crippen molar-refractivity contribution in [3.8, 4) is 28.8 Å². The average Bonchev–Trinajstić information content (AvgIpc) is 3.16. The van der Waals surface area contributed by atoms with Gasteiger partial charge >= 0.3 is 5.69 Å². The lowest BCUT2D eigenvalue weighted by Gasteiger charge is -1.99. The fourth-order valence-corrected chi connectivity index (χ4v) is 1.90. The van der Waals surface area contributed by atoms with Crippen molar-refractivity contribution in [1.82, 2.24) is 15.2 Å². The molecule has 23 heavy (non-hydrogen) atoms. The molecule has 0 aliphatic rings. The molecule has 2 heterocycles. The van der Waals surface area contributed by atoms with Crippen molar-refractivity contribution in [2.75, 3.05) is 0 Å². The Morgan fingerprint density at radius 2 is 1.87 bits per heavy atom. The molecule has 0 bridgehead atoms. The van der Waals surface area contributed by atoms with Crippen LogP contribution in [0.25, 0.3) is 23.0 Å². The van der Waals surface area contributed by atoms with Gasteiger partial charge in [-0.05, 0) is 6.07 Å². The summed E-state index contributed by atoms with van der Waals surface area (Å²) in [6, 6.07) is 5.06. The number of hydrogen-bond donors (Lipinski definition) is 2. The SMILES string of the molecule is O=[N+]([O-])c1c[nH]c(-c2nnc(-c3cccc([N+](=O)[O-])c3O)o2)c1. The van der Waals surface area contributed by atoms with E-state index in [0.717, 1.165) is 12.3 Å². The van der Waals surface area contributed by atoms with E-state index in [2.05, 4.69) is 15.2 Å². The molecule has 116 valence electrons. The number of nitro groups is 2. The molecule has 11 nitrogen and oxygen atoms in total. The summed E-state index contributed by atoms with van der Waals surface area (Å²) in [6.45, 7) is 0. The van der Waals surface area contributed by atoms with Crippen molar-refractivity contribution in [2.45, 2.75) is 0 Å². The van der Waals surface area contributed by atoms with Crippen LogP contribution >= 0.6 is 0 Å². The Bertz CT molecular complexity index is 914. The van der Waals surface area contributed by atoms with Crippen molar-refractivity contribution < 1.29 is 19.4 Å². The van der Waals surface area contributed by atoms with Crippen LogP contribution in [0.15, 0.2) is 34.9 Å². The number of aromatic amines is 1. The van der Waals surface area contributed by atoms with E-state index in [-0.39, 0.29) is 28.7 Å². The molecule has 3 aromatic rings. The summed E-state index contributed by atoms with van der Waals surface area (Å²) >= 11 is 0. The molecular formula is C12H7N5O6. The Kier molecular flexibility index (Phi) is 3.22. The third kappa shape index (κ3) is 2.46. The summed E-state index contributed by atoms with van der Waals surface area (Å²) in [5.41, 5.74) is -0.491. The molecule has 0 unspecified atom stereocenters. The number of hydrogen-bond acceptors (Lipinski definition) is 8. The highest BCUT2D eigenvalue weighted by molar-refractivity contribution is 5.69. The first-order chi connectivity index (χ1) is 11.0. The number of aromatic nitrogens is 3. The van der Waals surface area contributed by atoms with Gasteiger partial charge in [0, 0.05) is 12.1 Å². The maximum absolute atomic E-state index is 10.8. The van der Waals surface area contributed by atoms with E-state index < -0.39 is 21.3 Å². The second kappa shape index (κ2) is 5.22. The van der Waals surface area contributed by atoms with Gasteiger partial charge in [-0.1, -0.05) is 6.07 Å². The molecule has 0 saturated carbocycles. The third-order valence-electron chi connectivity index (χ3n) is 2.98. The molecule has 0 aliphatic heterocycles. The molecule has 0 spiro atoms. The molecule has 0 radical (unpaired) electrons. The zero-order valence-electron chi connectivity index (χ0n) is 11.2. The summed E-state index contributed by atoms with van der Waals surface area (Å²) < 4.78 is 5.31. The minimum Gasteiger partial charge on any atom is -0.502 e. The topological polar surface area (TPSA) is 161 Å². The monoisotopic (exact) mass is 317 g/mol. The summed E-state index contributed by atoms with van der Waals surface area (Å²) in [5.74, 6) is -0.817. The zero-order valence-corrected chi connectivity index (χ0v) is 11.2. The predicted octanol–water partition coefficient (Wildman–Crippen LogP) is 2.25. The fourth-order valence-electron chi connectivity index (χ4n) is 1.90. The third-order valence-corrected chi connectivity index (χ3v) is 2.98. The molecule has 2 aromatic heterocycles. The average molecular weight is 317 g/mol. The summed E-state index contributed by atoms with van der Waals surface area (Å²) in [5, 5.41) is 38.7. The maximum Gasteiger partial charge on any atom is 0.311 e. The van der Waals surface area contributed by atoms with Crippen molar-refractivity contribution in [3.63, 3.8) is 0 Å². The van der Waals surface area contributed by atoms with E-state index in [9.17, 15) is 25.3 Å². The lowest BCUT2D eigenvalue weighted by atomic mass is 10.2. The van der Waals surface area contributed by atoms with Crippen molar-refractivity contribution in [1.29, 1.82) is 0 Å². The first kappa shape index (κ1) is 14.2. The number of aromatic hydroxyl groups is 1. The van der Waals surface area contributed by atoms with E-state index in [1.54, 1.807) is 0 Å². The number of benzene rings is 1. The normalized spacial score (nSPS) is 10.6. The Morgan fingerprint density at radius 3 is 2.52 bits per heavy atom. The summed E-state index contributed by atoms with van der Waals surface area (Å²) in [6.07, 6.45) is 1.16. The molecule has 11 heteroatoms. The fraction of sp³-hybridized carbons (Fsp3) is 0. The maximum atomic E-state index is 10.8. The minimum absolute atomic E-state index is 0.0148. The number of para-hydroxylation sites is 1. The van der Waals surface area contributed by atoms with Crippen LogP contribution in [-0.4, -0.2) is 30.1 Å². The van der Waals surface area contributed by atoms with Crippen LogP contribution in [0.5, 0.6) is 5.75 Å². The van der Waals surface area contributed by atoms with Crippen LogP contribution in [0.1, 0.15) is 0 Å². The number of nitro benzene ring substituents is 1. The van der Waals surface area contributed by atoms with Crippen molar-refractivity contribution in [2.24, 2.45) is 0 Å². The summed E-state index contributed by atoms with van der Waals surface area (Å²) in [4.78, 5) is 22.7. The number of phenolic OH excluding ortho intramolecular Hbond substituents is 1. The second-order valence-electron chi connectivity index (χ2n) is 4.37. The van der Waals surface area contributed by atoms with Crippen LogP contribution in [0.4, 0.5) is 11.4 Å². The van der Waals surface area contributed by atoms with E-state index in [1.807, 2.05) is 0 Å². The Hall–Kier alpha value is -3.76. The van der Waals surface area contributed by atoms with Crippen LogP contribution in [-0.2, 0) is 0 Å². The van der Waals surface area contributed by atoms with Crippen molar-refractivity contribution in [3.05, 3.63) is 50.7 Å². The van der Waals surface area contributed by atoms with Gasteiger partial charge in [0.1, 0.15) is 5.69 Å². The number of phenols is 1. The highest BCUT2D eigenvalue weighted by Gasteiger charge is 2.22. The van der Waals surface area contributed by atoms with Crippen LogP contribution in [0.3, 0.4) is 0 Å². The first-order valence-corrected chi connectivity index (χ1v) is 6.11. The van der Waals surface area contributed by atoms with Gasteiger partial charge in [0.25, 0.3) is 17.5 Å². The smallest absolute Gasteiger partial charge is 0.311 e. The quantitative estimate of drug-likeness (QED) is 0.546.